The first-order valence-corrected chi connectivity index (χ1v) is 6.85. The summed E-state index contributed by atoms with van der Waals surface area (Å²) in [6.07, 6.45) is 0.783. The SMILES string of the molecule is CC1(C)Cc2ccc(S(=O)(=O)Cl)cc2O1. The van der Waals surface area contributed by atoms with Crippen LogP contribution < -0.4 is 4.74 Å². The molecule has 0 amide bonds. The van der Waals surface area contributed by atoms with Crippen LogP contribution in [0.1, 0.15) is 19.4 Å². The zero-order valence-electron chi connectivity index (χ0n) is 8.45. The van der Waals surface area contributed by atoms with Gasteiger partial charge in [-0.15, -0.1) is 0 Å². The van der Waals surface area contributed by atoms with E-state index < -0.39 is 9.05 Å². The molecule has 0 radical (unpaired) electrons. The highest BCUT2D eigenvalue weighted by Gasteiger charge is 2.30. The fraction of sp³-hybridized carbons (Fsp3) is 0.400. The monoisotopic (exact) mass is 246 g/mol. The average Bonchev–Trinajstić information content (AvgIpc) is 2.34. The molecular formula is C10H11ClO3S. The minimum absolute atomic E-state index is 0.0839. The molecule has 3 nitrogen and oxygen atoms in total. The van der Waals surface area contributed by atoms with Gasteiger partial charge < -0.3 is 4.74 Å². The number of halogens is 1. The maximum absolute atomic E-state index is 11.1. The number of rotatable bonds is 1. The van der Waals surface area contributed by atoms with E-state index in [-0.39, 0.29) is 10.5 Å². The van der Waals surface area contributed by atoms with Crippen LogP contribution in [0.5, 0.6) is 5.75 Å². The molecule has 82 valence electrons. The number of benzene rings is 1. The van der Waals surface area contributed by atoms with Gasteiger partial charge in [-0.25, -0.2) is 8.42 Å². The van der Waals surface area contributed by atoms with Crippen molar-refractivity contribution in [3.05, 3.63) is 23.8 Å². The first-order valence-electron chi connectivity index (χ1n) is 4.55. The highest BCUT2D eigenvalue weighted by Crippen LogP contribution is 2.36. The molecule has 1 aliphatic heterocycles. The van der Waals surface area contributed by atoms with E-state index >= 15 is 0 Å². The first-order chi connectivity index (χ1) is 6.78. The Balaban J connectivity index is 2.48. The fourth-order valence-corrected chi connectivity index (χ4v) is 2.49. The lowest BCUT2D eigenvalue weighted by Gasteiger charge is -2.16. The second kappa shape index (κ2) is 3.12. The molecule has 0 aliphatic carbocycles. The van der Waals surface area contributed by atoms with E-state index in [0.29, 0.717) is 5.75 Å². The van der Waals surface area contributed by atoms with Crippen molar-refractivity contribution in [2.45, 2.75) is 30.8 Å². The van der Waals surface area contributed by atoms with E-state index in [1.807, 2.05) is 13.8 Å². The van der Waals surface area contributed by atoms with Crippen molar-refractivity contribution in [3.63, 3.8) is 0 Å². The molecule has 0 fully saturated rings. The molecule has 0 atom stereocenters. The maximum Gasteiger partial charge on any atom is 0.261 e. The van der Waals surface area contributed by atoms with Crippen LogP contribution >= 0.6 is 10.7 Å². The standard InChI is InChI=1S/C10H11ClO3S/c1-10(2)6-7-3-4-8(15(11,12)13)5-9(7)14-10/h3-5H,6H2,1-2H3. The van der Waals surface area contributed by atoms with Gasteiger partial charge in [0.2, 0.25) is 0 Å². The van der Waals surface area contributed by atoms with Gasteiger partial charge in [0.1, 0.15) is 11.4 Å². The van der Waals surface area contributed by atoms with E-state index in [0.717, 1.165) is 12.0 Å². The minimum Gasteiger partial charge on any atom is -0.487 e. The second-order valence-corrected chi connectivity index (χ2v) is 6.81. The van der Waals surface area contributed by atoms with E-state index in [2.05, 4.69) is 0 Å². The Morgan fingerprint density at radius 3 is 2.67 bits per heavy atom. The quantitative estimate of drug-likeness (QED) is 0.715. The van der Waals surface area contributed by atoms with E-state index in [9.17, 15) is 8.42 Å². The number of hydrogen-bond donors (Lipinski definition) is 0. The molecule has 1 aliphatic rings. The number of fused-ring (bicyclic) bond motifs is 1. The molecule has 1 heterocycles. The van der Waals surface area contributed by atoms with Crippen molar-refractivity contribution in [1.29, 1.82) is 0 Å². The van der Waals surface area contributed by atoms with Crippen LogP contribution in [0.15, 0.2) is 23.1 Å². The van der Waals surface area contributed by atoms with Crippen molar-refractivity contribution in [2.24, 2.45) is 0 Å². The van der Waals surface area contributed by atoms with Crippen molar-refractivity contribution < 1.29 is 13.2 Å². The third-order valence-electron chi connectivity index (χ3n) is 2.32. The summed E-state index contributed by atoms with van der Waals surface area (Å²) >= 11 is 0. The summed E-state index contributed by atoms with van der Waals surface area (Å²) in [6.45, 7) is 3.92. The Bertz CT molecular complexity index is 505. The first kappa shape index (κ1) is 10.8. The summed E-state index contributed by atoms with van der Waals surface area (Å²) in [5.74, 6) is 0.613. The molecule has 0 saturated carbocycles. The lowest BCUT2D eigenvalue weighted by atomic mass is 10.0. The summed E-state index contributed by atoms with van der Waals surface area (Å²) in [7, 11) is 1.58. The van der Waals surface area contributed by atoms with Crippen molar-refractivity contribution >= 4 is 19.7 Å². The summed E-state index contributed by atoms with van der Waals surface area (Å²) in [4.78, 5) is 0.0839. The van der Waals surface area contributed by atoms with Crippen molar-refractivity contribution in [3.8, 4) is 5.75 Å². The summed E-state index contributed by atoms with van der Waals surface area (Å²) in [6, 6.07) is 4.73. The van der Waals surface area contributed by atoms with Gasteiger partial charge in [-0.3, -0.25) is 0 Å². The molecule has 1 aromatic rings. The highest BCUT2D eigenvalue weighted by molar-refractivity contribution is 8.13. The largest absolute Gasteiger partial charge is 0.487 e. The number of ether oxygens (including phenoxy) is 1. The molecule has 1 aromatic carbocycles. The van der Waals surface area contributed by atoms with Crippen molar-refractivity contribution in [1.82, 2.24) is 0 Å². The fourth-order valence-electron chi connectivity index (χ4n) is 1.72. The third kappa shape index (κ3) is 2.11. The lowest BCUT2D eigenvalue weighted by molar-refractivity contribution is 0.138. The van der Waals surface area contributed by atoms with Gasteiger partial charge in [0.15, 0.2) is 0 Å². The minimum atomic E-state index is -3.67. The van der Waals surface area contributed by atoms with Gasteiger partial charge in [0, 0.05) is 23.2 Å². The predicted molar refractivity (Wildman–Crippen MR) is 57.9 cm³/mol. The molecule has 2 rings (SSSR count). The predicted octanol–water partition coefficient (Wildman–Crippen LogP) is 2.33. The third-order valence-corrected chi connectivity index (χ3v) is 3.67. The van der Waals surface area contributed by atoms with Crippen LogP contribution in [0.4, 0.5) is 0 Å². The van der Waals surface area contributed by atoms with Gasteiger partial charge in [0.25, 0.3) is 9.05 Å². The van der Waals surface area contributed by atoms with Crippen LogP contribution in [-0.4, -0.2) is 14.0 Å². The van der Waals surface area contributed by atoms with Crippen LogP contribution in [0, 0.1) is 0 Å². The van der Waals surface area contributed by atoms with Gasteiger partial charge >= 0.3 is 0 Å². The van der Waals surface area contributed by atoms with E-state index in [1.54, 1.807) is 6.07 Å². The smallest absolute Gasteiger partial charge is 0.261 e. The Morgan fingerprint density at radius 1 is 1.40 bits per heavy atom. The van der Waals surface area contributed by atoms with Gasteiger partial charge in [-0.2, -0.15) is 0 Å². The van der Waals surface area contributed by atoms with Crippen LogP contribution in [0.3, 0.4) is 0 Å². The Kier molecular flexibility index (Phi) is 2.24. The molecule has 0 spiro atoms. The Morgan fingerprint density at radius 2 is 2.07 bits per heavy atom. The molecule has 5 heteroatoms. The maximum atomic E-state index is 11.1. The van der Waals surface area contributed by atoms with Crippen molar-refractivity contribution in [2.75, 3.05) is 0 Å². The normalized spacial score (nSPS) is 18.3. The van der Waals surface area contributed by atoms with Gasteiger partial charge in [0.05, 0.1) is 4.90 Å². The van der Waals surface area contributed by atoms with E-state index in [4.69, 9.17) is 15.4 Å². The highest BCUT2D eigenvalue weighted by atomic mass is 35.7. The van der Waals surface area contributed by atoms with Crippen LogP contribution in [0.2, 0.25) is 0 Å². The van der Waals surface area contributed by atoms with E-state index in [1.165, 1.54) is 12.1 Å². The lowest BCUT2D eigenvalue weighted by Crippen LogP contribution is -2.24. The van der Waals surface area contributed by atoms with Crippen LogP contribution in [-0.2, 0) is 15.5 Å². The zero-order valence-corrected chi connectivity index (χ0v) is 10.0. The van der Waals surface area contributed by atoms with Crippen LogP contribution in [0.25, 0.3) is 0 Å². The molecule has 0 N–H and O–H groups in total. The van der Waals surface area contributed by atoms with Gasteiger partial charge in [-0.05, 0) is 25.5 Å². The molecular weight excluding hydrogens is 236 g/mol. The average molecular weight is 247 g/mol. The molecule has 0 aromatic heterocycles. The second-order valence-electron chi connectivity index (χ2n) is 4.25. The number of hydrogen-bond acceptors (Lipinski definition) is 3. The molecule has 0 saturated heterocycles. The Hall–Kier alpha value is -0.740. The Labute approximate surface area is 93.4 Å². The molecule has 15 heavy (non-hydrogen) atoms. The summed E-state index contributed by atoms with van der Waals surface area (Å²) in [5, 5.41) is 0. The summed E-state index contributed by atoms with van der Waals surface area (Å²) < 4.78 is 27.8. The zero-order chi connectivity index (χ0) is 11.3. The van der Waals surface area contributed by atoms with Gasteiger partial charge in [-0.1, -0.05) is 6.07 Å². The topological polar surface area (TPSA) is 43.4 Å². The molecule has 0 unspecified atom stereocenters. The summed E-state index contributed by atoms with van der Waals surface area (Å²) in [5.41, 5.74) is 0.751. The molecule has 0 bridgehead atoms.